The number of hydrogen-bond acceptors (Lipinski definition) is 3. The molecule has 0 saturated heterocycles. The lowest BCUT2D eigenvalue weighted by atomic mass is 10.3. The number of hydrogen-bond donors (Lipinski definition) is 2. The molecule has 2 rings (SSSR count). The highest BCUT2D eigenvalue weighted by Crippen LogP contribution is 2.27. The first-order valence-corrected chi connectivity index (χ1v) is 7.18. The Bertz CT molecular complexity index is 749. The van der Waals surface area contributed by atoms with Crippen molar-refractivity contribution in [3.8, 4) is 0 Å². The van der Waals surface area contributed by atoms with Gasteiger partial charge in [-0.25, -0.2) is 17.2 Å². The number of anilines is 2. The Morgan fingerprint density at radius 2 is 1.70 bits per heavy atom. The van der Waals surface area contributed by atoms with E-state index in [0.717, 1.165) is 24.3 Å². The predicted octanol–water partition coefficient (Wildman–Crippen LogP) is 3.00. The summed E-state index contributed by atoms with van der Waals surface area (Å²) in [5, 5.41) is -0.300. The molecule has 0 amide bonds. The average Bonchev–Trinajstić information content (AvgIpc) is 2.36. The third-order valence-corrected chi connectivity index (χ3v) is 4.28. The molecule has 8 heteroatoms. The predicted molar refractivity (Wildman–Crippen MR) is 73.0 cm³/mol. The minimum Gasteiger partial charge on any atom is -0.396 e. The second-order valence-electron chi connectivity index (χ2n) is 3.92. The second-order valence-corrected chi connectivity index (χ2v) is 5.97. The quantitative estimate of drug-likeness (QED) is 0.854. The molecule has 0 heterocycles. The van der Waals surface area contributed by atoms with Crippen molar-refractivity contribution in [2.75, 3.05) is 10.5 Å². The van der Waals surface area contributed by atoms with Crippen LogP contribution in [0.15, 0.2) is 41.3 Å². The SMILES string of the molecule is Nc1cc(S(=O)(=O)Nc2ccc(F)cc2)c(Cl)cc1F. The van der Waals surface area contributed by atoms with Crippen LogP contribution in [-0.4, -0.2) is 8.42 Å². The van der Waals surface area contributed by atoms with Crippen molar-refractivity contribution in [1.82, 2.24) is 0 Å². The van der Waals surface area contributed by atoms with Crippen LogP contribution in [0.5, 0.6) is 0 Å². The van der Waals surface area contributed by atoms with Crippen LogP contribution in [0.3, 0.4) is 0 Å². The van der Waals surface area contributed by atoms with Gasteiger partial charge in [0.05, 0.1) is 10.7 Å². The molecule has 106 valence electrons. The van der Waals surface area contributed by atoms with Gasteiger partial charge in [0.1, 0.15) is 16.5 Å². The molecule has 3 N–H and O–H groups in total. The zero-order chi connectivity index (χ0) is 14.9. The molecule has 0 radical (unpaired) electrons. The number of nitrogens with two attached hydrogens (primary N) is 1. The van der Waals surface area contributed by atoms with E-state index >= 15 is 0 Å². The smallest absolute Gasteiger partial charge is 0.263 e. The molecule has 0 fully saturated rings. The minimum absolute atomic E-state index is 0.144. The van der Waals surface area contributed by atoms with Gasteiger partial charge in [-0.3, -0.25) is 4.72 Å². The van der Waals surface area contributed by atoms with Crippen molar-refractivity contribution in [1.29, 1.82) is 0 Å². The summed E-state index contributed by atoms with van der Waals surface area (Å²) in [6, 6.07) is 6.41. The van der Waals surface area contributed by atoms with Crippen molar-refractivity contribution in [3.63, 3.8) is 0 Å². The molecule has 0 bridgehead atoms. The summed E-state index contributed by atoms with van der Waals surface area (Å²) in [6.07, 6.45) is 0. The molecule has 0 saturated carbocycles. The number of halogens is 3. The Morgan fingerprint density at radius 3 is 2.30 bits per heavy atom. The zero-order valence-corrected chi connectivity index (χ0v) is 11.5. The fraction of sp³-hybridized carbons (Fsp3) is 0. The van der Waals surface area contributed by atoms with Crippen LogP contribution in [0.1, 0.15) is 0 Å². The van der Waals surface area contributed by atoms with Crippen LogP contribution < -0.4 is 10.5 Å². The molecule has 2 aromatic rings. The average molecular weight is 319 g/mol. The van der Waals surface area contributed by atoms with E-state index in [4.69, 9.17) is 17.3 Å². The summed E-state index contributed by atoms with van der Waals surface area (Å²) < 4.78 is 52.3. The highest BCUT2D eigenvalue weighted by molar-refractivity contribution is 7.92. The highest BCUT2D eigenvalue weighted by atomic mass is 35.5. The van der Waals surface area contributed by atoms with Gasteiger partial charge in [-0.2, -0.15) is 0 Å². The van der Waals surface area contributed by atoms with Gasteiger partial charge in [0, 0.05) is 5.69 Å². The van der Waals surface area contributed by atoms with Gasteiger partial charge < -0.3 is 5.73 Å². The van der Waals surface area contributed by atoms with E-state index < -0.39 is 21.7 Å². The maximum absolute atomic E-state index is 13.2. The highest BCUT2D eigenvalue weighted by Gasteiger charge is 2.20. The van der Waals surface area contributed by atoms with Gasteiger partial charge in [-0.1, -0.05) is 11.6 Å². The Labute approximate surface area is 119 Å². The minimum atomic E-state index is -4.05. The Balaban J connectivity index is 2.40. The summed E-state index contributed by atoms with van der Waals surface area (Å²) in [6.45, 7) is 0. The van der Waals surface area contributed by atoms with Crippen molar-refractivity contribution in [2.45, 2.75) is 4.90 Å². The van der Waals surface area contributed by atoms with Gasteiger partial charge in [-0.05, 0) is 36.4 Å². The van der Waals surface area contributed by atoms with E-state index in [1.807, 2.05) is 0 Å². The molecule has 2 aromatic carbocycles. The summed E-state index contributed by atoms with van der Waals surface area (Å²) >= 11 is 5.70. The largest absolute Gasteiger partial charge is 0.396 e. The lowest BCUT2D eigenvalue weighted by Gasteiger charge is -2.10. The first-order valence-electron chi connectivity index (χ1n) is 5.32. The molecule has 4 nitrogen and oxygen atoms in total. The second kappa shape index (κ2) is 5.26. The molecule has 0 unspecified atom stereocenters. The zero-order valence-electron chi connectivity index (χ0n) is 9.90. The van der Waals surface area contributed by atoms with Crippen LogP contribution in [-0.2, 0) is 10.0 Å². The van der Waals surface area contributed by atoms with Gasteiger partial charge in [-0.15, -0.1) is 0 Å². The number of sulfonamides is 1. The molecule has 0 atom stereocenters. The van der Waals surface area contributed by atoms with Gasteiger partial charge >= 0.3 is 0 Å². The summed E-state index contributed by atoms with van der Waals surface area (Å²) in [7, 11) is -4.05. The lowest BCUT2D eigenvalue weighted by molar-refractivity contribution is 0.600. The first-order chi connectivity index (χ1) is 9.29. The summed E-state index contributed by atoms with van der Waals surface area (Å²) in [4.78, 5) is -0.359. The van der Waals surface area contributed by atoms with E-state index in [1.54, 1.807) is 0 Å². The summed E-state index contributed by atoms with van der Waals surface area (Å²) in [5.41, 5.74) is 5.13. The van der Waals surface area contributed by atoms with Gasteiger partial charge in [0.25, 0.3) is 10.0 Å². The maximum atomic E-state index is 13.2. The molecule has 0 aliphatic heterocycles. The van der Waals surface area contributed by atoms with Crippen LogP contribution in [0.4, 0.5) is 20.2 Å². The number of nitrogen functional groups attached to an aromatic ring is 1. The molecule has 0 spiro atoms. The molecule has 20 heavy (non-hydrogen) atoms. The van der Waals surface area contributed by atoms with Crippen LogP contribution in [0, 0.1) is 11.6 Å². The van der Waals surface area contributed by atoms with Crippen molar-refractivity contribution >= 4 is 33.0 Å². The number of rotatable bonds is 3. The van der Waals surface area contributed by atoms with Gasteiger partial charge in [0.15, 0.2) is 0 Å². The van der Waals surface area contributed by atoms with Crippen molar-refractivity contribution in [2.24, 2.45) is 0 Å². The van der Waals surface area contributed by atoms with Gasteiger partial charge in [0.2, 0.25) is 0 Å². The van der Waals surface area contributed by atoms with E-state index in [2.05, 4.69) is 4.72 Å². The molecular formula is C12H9ClF2N2O2S. The van der Waals surface area contributed by atoms with Crippen LogP contribution in [0.2, 0.25) is 5.02 Å². The Morgan fingerprint density at radius 1 is 1.10 bits per heavy atom. The topological polar surface area (TPSA) is 72.2 Å². The molecule has 0 aromatic heterocycles. The summed E-state index contributed by atoms with van der Waals surface area (Å²) in [5.74, 6) is -1.31. The van der Waals surface area contributed by atoms with E-state index in [-0.39, 0.29) is 21.3 Å². The standard InChI is InChI=1S/C12H9ClF2N2O2S/c13-9-5-10(15)11(16)6-12(9)20(18,19)17-8-3-1-7(14)2-4-8/h1-6,17H,16H2. The van der Waals surface area contributed by atoms with E-state index in [1.165, 1.54) is 12.1 Å². The van der Waals surface area contributed by atoms with Crippen molar-refractivity contribution in [3.05, 3.63) is 53.1 Å². The van der Waals surface area contributed by atoms with Crippen LogP contribution >= 0.6 is 11.6 Å². The fourth-order valence-electron chi connectivity index (χ4n) is 1.48. The van der Waals surface area contributed by atoms with Crippen molar-refractivity contribution < 1.29 is 17.2 Å². The molecule has 0 aliphatic carbocycles. The third-order valence-electron chi connectivity index (χ3n) is 2.44. The maximum Gasteiger partial charge on any atom is 0.263 e. The Kier molecular flexibility index (Phi) is 3.82. The van der Waals surface area contributed by atoms with E-state index in [0.29, 0.717) is 0 Å². The normalized spacial score (nSPS) is 11.3. The molecule has 0 aliphatic rings. The first kappa shape index (κ1) is 14.5. The lowest BCUT2D eigenvalue weighted by Crippen LogP contribution is -2.14. The van der Waals surface area contributed by atoms with E-state index in [9.17, 15) is 17.2 Å². The Hall–Kier alpha value is -1.86. The van der Waals surface area contributed by atoms with Crippen LogP contribution in [0.25, 0.3) is 0 Å². The third kappa shape index (κ3) is 3.00. The number of benzene rings is 2. The number of nitrogens with one attached hydrogen (secondary N) is 1. The molecular weight excluding hydrogens is 310 g/mol. The fourth-order valence-corrected chi connectivity index (χ4v) is 3.09. The monoisotopic (exact) mass is 318 g/mol.